The number of piperidine rings is 2. The van der Waals surface area contributed by atoms with Crippen LogP contribution in [0.5, 0.6) is 0 Å². The van der Waals surface area contributed by atoms with E-state index in [1.54, 1.807) is 11.3 Å². The maximum Gasteiger partial charge on any atom is 0.264 e. The van der Waals surface area contributed by atoms with E-state index in [9.17, 15) is 4.79 Å². The van der Waals surface area contributed by atoms with Crippen LogP contribution in [-0.4, -0.2) is 56.2 Å². The van der Waals surface area contributed by atoms with Crippen molar-refractivity contribution < 1.29 is 9.53 Å². The number of halogens is 2. The predicted molar refractivity (Wildman–Crippen MR) is 113 cm³/mol. The molecular weight excluding hydrogens is 405 g/mol. The van der Waals surface area contributed by atoms with Gasteiger partial charge in [-0.15, -0.1) is 36.2 Å². The second kappa shape index (κ2) is 8.56. The minimum atomic E-state index is -0.146. The smallest absolute Gasteiger partial charge is 0.264 e. The highest BCUT2D eigenvalue weighted by atomic mass is 35.5. The van der Waals surface area contributed by atoms with Gasteiger partial charge < -0.3 is 20.3 Å². The molecule has 6 rings (SSSR count). The van der Waals surface area contributed by atoms with E-state index in [-0.39, 0.29) is 36.3 Å². The quantitative estimate of drug-likeness (QED) is 0.714. The molecule has 0 aliphatic carbocycles. The van der Waals surface area contributed by atoms with Gasteiger partial charge in [0.1, 0.15) is 0 Å². The van der Waals surface area contributed by atoms with Crippen LogP contribution in [-0.2, 0) is 16.8 Å². The van der Waals surface area contributed by atoms with Crippen molar-refractivity contribution in [1.29, 1.82) is 0 Å². The van der Waals surface area contributed by atoms with Crippen LogP contribution >= 0.6 is 36.2 Å². The summed E-state index contributed by atoms with van der Waals surface area (Å²) in [6, 6.07) is 2.66. The van der Waals surface area contributed by atoms with Gasteiger partial charge in [-0.3, -0.25) is 4.79 Å². The number of hydrogen-bond acceptors (Lipinski definition) is 5. The van der Waals surface area contributed by atoms with Crippen LogP contribution < -0.4 is 10.6 Å². The molecule has 1 aromatic heterocycles. The van der Waals surface area contributed by atoms with Gasteiger partial charge in [-0.25, -0.2) is 0 Å². The summed E-state index contributed by atoms with van der Waals surface area (Å²) in [5.74, 6) is 0.862. The number of ether oxygens (including phenoxy) is 1. The normalized spacial score (nSPS) is 28.7. The highest BCUT2D eigenvalue weighted by Gasteiger charge is 2.41. The van der Waals surface area contributed by atoms with Crippen molar-refractivity contribution in [2.45, 2.75) is 43.7 Å². The monoisotopic (exact) mass is 433 g/mol. The van der Waals surface area contributed by atoms with Crippen molar-refractivity contribution >= 4 is 42.1 Å². The van der Waals surface area contributed by atoms with Gasteiger partial charge in [-0.2, -0.15) is 0 Å². The summed E-state index contributed by atoms with van der Waals surface area (Å²) < 4.78 is 6.27. The third-order valence-corrected chi connectivity index (χ3v) is 7.64. The standard InChI is InChI=1S/C19H27N3O2S.2ClH/c23-18(22-11-13-1-2-14(12-22)21-10-13)17-9-15-16(25-17)3-8-24-19(15)4-6-20-7-5-19;;/h9,13-14,20-21H,1-8,10-12H2;2*1H/t13-,14-;;/m0../s1. The Balaban J connectivity index is 0.00000105. The van der Waals surface area contributed by atoms with E-state index in [0.717, 1.165) is 63.5 Å². The Labute approximate surface area is 177 Å². The SMILES string of the molecule is Cl.Cl.O=C(c1cc2c(s1)CCOC21CCNCC1)N1C[C@H]2CC[C@@H](C1)NC2. The first kappa shape index (κ1) is 21.3. The Morgan fingerprint density at radius 3 is 2.78 bits per heavy atom. The van der Waals surface area contributed by atoms with Gasteiger partial charge in [-0.05, 0) is 62.9 Å². The lowest BCUT2D eigenvalue weighted by Crippen LogP contribution is -2.44. The largest absolute Gasteiger partial charge is 0.370 e. The van der Waals surface area contributed by atoms with Crippen LogP contribution in [0, 0.1) is 5.92 Å². The molecule has 1 amide bonds. The van der Waals surface area contributed by atoms with Crippen molar-refractivity contribution in [3.63, 3.8) is 0 Å². The first-order chi connectivity index (χ1) is 12.2. The summed E-state index contributed by atoms with van der Waals surface area (Å²) in [7, 11) is 0. The number of carbonyl (C=O) groups is 1. The number of rotatable bonds is 1. The van der Waals surface area contributed by atoms with Crippen LogP contribution in [0.15, 0.2) is 6.07 Å². The maximum atomic E-state index is 13.2. The van der Waals surface area contributed by atoms with Gasteiger partial charge in [0, 0.05) is 30.4 Å². The van der Waals surface area contributed by atoms with Crippen LogP contribution in [0.1, 0.15) is 45.8 Å². The maximum absolute atomic E-state index is 13.2. The molecule has 1 aromatic rings. The Hall–Kier alpha value is -0.370. The molecule has 1 spiro atoms. The molecule has 27 heavy (non-hydrogen) atoms. The molecule has 4 fully saturated rings. The molecule has 0 aromatic carbocycles. The third kappa shape index (κ3) is 3.89. The minimum absolute atomic E-state index is 0. The molecule has 0 unspecified atom stereocenters. The number of hydrogen-bond donors (Lipinski definition) is 2. The molecular formula is C19H29Cl2N3O2S. The van der Waals surface area contributed by atoms with E-state index in [1.807, 2.05) is 0 Å². The summed E-state index contributed by atoms with van der Waals surface area (Å²) in [5.41, 5.74) is 1.16. The molecule has 8 heteroatoms. The lowest BCUT2D eigenvalue weighted by Gasteiger charge is -2.40. The molecule has 2 atom stereocenters. The fourth-order valence-corrected chi connectivity index (χ4v) is 6.23. The molecule has 0 saturated carbocycles. The Morgan fingerprint density at radius 2 is 2.04 bits per heavy atom. The second-order valence-corrected chi connectivity index (χ2v) is 9.19. The molecule has 4 saturated heterocycles. The molecule has 5 aliphatic heterocycles. The molecule has 152 valence electrons. The van der Waals surface area contributed by atoms with E-state index in [2.05, 4.69) is 21.6 Å². The zero-order valence-electron chi connectivity index (χ0n) is 15.5. The van der Waals surface area contributed by atoms with E-state index in [1.165, 1.54) is 23.3 Å². The number of nitrogens with zero attached hydrogens (tertiary/aromatic N) is 1. The van der Waals surface area contributed by atoms with E-state index in [0.29, 0.717) is 12.0 Å². The summed E-state index contributed by atoms with van der Waals surface area (Å²) in [5, 5.41) is 7.03. The summed E-state index contributed by atoms with van der Waals surface area (Å²) in [6.45, 7) is 5.64. The van der Waals surface area contributed by atoms with E-state index >= 15 is 0 Å². The average Bonchev–Trinajstić information content (AvgIpc) is 2.86. The first-order valence-electron chi connectivity index (χ1n) is 9.74. The molecule has 5 nitrogen and oxygen atoms in total. The topological polar surface area (TPSA) is 53.6 Å². The van der Waals surface area contributed by atoms with Crippen molar-refractivity contribution in [3.8, 4) is 0 Å². The Bertz CT molecular complexity index is 656. The van der Waals surface area contributed by atoms with Crippen molar-refractivity contribution in [2.24, 2.45) is 5.92 Å². The van der Waals surface area contributed by atoms with Crippen molar-refractivity contribution in [3.05, 3.63) is 21.4 Å². The van der Waals surface area contributed by atoms with Crippen LogP contribution in [0.4, 0.5) is 0 Å². The van der Waals surface area contributed by atoms with Crippen LogP contribution in [0.2, 0.25) is 0 Å². The first-order valence-corrected chi connectivity index (χ1v) is 10.6. The number of amides is 1. The summed E-state index contributed by atoms with van der Waals surface area (Å²) >= 11 is 1.72. The molecule has 2 N–H and O–H groups in total. The zero-order valence-corrected chi connectivity index (χ0v) is 17.9. The molecule has 2 bridgehead atoms. The fourth-order valence-electron chi connectivity index (χ4n) is 5.03. The van der Waals surface area contributed by atoms with Gasteiger partial charge in [-0.1, -0.05) is 0 Å². The summed E-state index contributed by atoms with van der Waals surface area (Å²) in [6.07, 6.45) is 5.45. The van der Waals surface area contributed by atoms with Gasteiger partial charge in [0.05, 0.1) is 17.1 Å². The van der Waals surface area contributed by atoms with Crippen LogP contribution in [0.3, 0.4) is 0 Å². The van der Waals surface area contributed by atoms with Crippen molar-refractivity contribution in [1.82, 2.24) is 15.5 Å². The van der Waals surface area contributed by atoms with Gasteiger partial charge in [0.2, 0.25) is 0 Å². The lowest BCUT2D eigenvalue weighted by molar-refractivity contribution is -0.0792. The average molecular weight is 434 g/mol. The third-order valence-electron chi connectivity index (χ3n) is 6.45. The zero-order chi connectivity index (χ0) is 16.9. The van der Waals surface area contributed by atoms with E-state index < -0.39 is 0 Å². The lowest BCUT2D eigenvalue weighted by atomic mass is 9.83. The summed E-state index contributed by atoms with van der Waals surface area (Å²) in [4.78, 5) is 17.6. The number of nitrogens with one attached hydrogen (secondary N) is 2. The molecule has 5 aliphatic rings. The van der Waals surface area contributed by atoms with Gasteiger partial charge >= 0.3 is 0 Å². The minimum Gasteiger partial charge on any atom is -0.370 e. The number of thiophene rings is 1. The Morgan fingerprint density at radius 1 is 1.22 bits per heavy atom. The second-order valence-electron chi connectivity index (χ2n) is 8.05. The fraction of sp³-hybridized carbons (Fsp3) is 0.737. The number of carbonyl (C=O) groups excluding carboxylic acids is 1. The Kier molecular flexibility index (Phi) is 6.76. The van der Waals surface area contributed by atoms with E-state index in [4.69, 9.17) is 4.74 Å². The van der Waals surface area contributed by atoms with Crippen molar-refractivity contribution in [2.75, 3.05) is 39.3 Å². The molecule has 0 radical (unpaired) electrons. The molecule has 6 heterocycles. The van der Waals surface area contributed by atoms with Gasteiger partial charge in [0.15, 0.2) is 0 Å². The van der Waals surface area contributed by atoms with Crippen LogP contribution in [0.25, 0.3) is 0 Å². The van der Waals surface area contributed by atoms with Gasteiger partial charge in [0.25, 0.3) is 5.91 Å². The number of fused-ring (bicyclic) bond motifs is 6. The highest BCUT2D eigenvalue weighted by Crippen LogP contribution is 2.43. The predicted octanol–water partition coefficient (Wildman–Crippen LogP) is 2.57. The highest BCUT2D eigenvalue weighted by molar-refractivity contribution is 7.14.